The molecule has 114 valence electrons. The van der Waals surface area contributed by atoms with Gasteiger partial charge >= 0.3 is 0 Å². The van der Waals surface area contributed by atoms with E-state index in [4.69, 9.17) is 23.2 Å². The number of carbonyl (C=O) groups is 1. The van der Waals surface area contributed by atoms with Crippen molar-refractivity contribution in [3.05, 3.63) is 51.9 Å². The lowest BCUT2D eigenvalue weighted by molar-refractivity contribution is -0.119. The molecule has 0 amide bonds. The quantitative estimate of drug-likeness (QED) is 0.860. The van der Waals surface area contributed by atoms with Crippen molar-refractivity contribution in [2.24, 2.45) is 0 Å². The van der Waals surface area contributed by atoms with Gasteiger partial charge in [-0.05, 0) is 17.7 Å². The molecule has 1 aromatic heterocycles. The average Bonchev–Trinajstić information content (AvgIpc) is 2.51. The molecular formula is C16H15Cl2N3O. The summed E-state index contributed by atoms with van der Waals surface area (Å²) in [5, 5.41) is 1.25. The molecule has 0 aliphatic carbocycles. The van der Waals surface area contributed by atoms with Crippen LogP contribution in [0.4, 0.5) is 5.82 Å². The van der Waals surface area contributed by atoms with Crippen LogP contribution in [0.25, 0.3) is 0 Å². The number of aromatic nitrogens is 2. The summed E-state index contributed by atoms with van der Waals surface area (Å²) >= 11 is 12.2. The van der Waals surface area contributed by atoms with E-state index >= 15 is 0 Å². The van der Waals surface area contributed by atoms with Crippen LogP contribution >= 0.6 is 23.2 Å². The van der Waals surface area contributed by atoms with Crippen molar-refractivity contribution in [3.63, 3.8) is 0 Å². The highest BCUT2D eigenvalue weighted by Crippen LogP contribution is 2.27. The Labute approximate surface area is 139 Å². The van der Waals surface area contributed by atoms with Crippen LogP contribution in [0.15, 0.2) is 30.7 Å². The Kier molecular flexibility index (Phi) is 4.60. The van der Waals surface area contributed by atoms with Crippen LogP contribution in [0.5, 0.6) is 0 Å². The summed E-state index contributed by atoms with van der Waals surface area (Å²) in [5.74, 6) is 1.20. The second-order valence-corrected chi connectivity index (χ2v) is 6.15. The first-order valence-corrected chi connectivity index (χ1v) is 7.88. The fourth-order valence-electron chi connectivity index (χ4n) is 2.60. The SMILES string of the molecule is O=C1CCN(c2ncncc2Cc2ccc(Cl)cc2Cl)CC1. The number of hydrogen-bond acceptors (Lipinski definition) is 4. The third-order valence-corrected chi connectivity index (χ3v) is 4.37. The fraction of sp³-hybridized carbons (Fsp3) is 0.312. The van der Waals surface area contributed by atoms with Crippen LogP contribution < -0.4 is 4.90 Å². The summed E-state index contributed by atoms with van der Waals surface area (Å²) in [4.78, 5) is 22.1. The number of Topliss-reactive ketones (excluding diaryl/α,β-unsaturated/α-hetero) is 1. The van der Waals surface area contributed by atoms with Gasteiger partial charge in [-0.1, -0.05) is 29.3 Å². The van der Waals surface area contributed by atoms with Crippen molar-refractivity contribution in [2.45, 2.75) is 19.3 Å². The zero-order valence-electron chi connectivity index (χ0n) is 11.9. The number of nitrogens with zero attached hydrogens (tertiary/aromatic N) is 3. The molecule has 1 fully saturated rings. The predicted octanol–water partition coefficient (Wildman–Crippen LogP) is 3.54. The second-order valence-electron chi connectivity index (χ2n) is 5.31. The molecule has 0 radical (unpaired) electrons. The van der Waals surface area contributed by atoms with Crippen LogP contribution in [0.2, 0.25) is 10.0 Å². The molecule has 1 aliphatic rings. The third kappa shape index (κ3) is 3.39. The van der Waals surface area contributed by atoms with Gasteiger partial charge in [0.15, 0.2) is 0 Å². The molecule has 1 aromatic carbocycles. The minimum atomic E-state index is 0.313. The van der Waals surface area contributed by atoms with E-state index in [0.29, 0.717) is 48.2 Å². The topological polar surface area (TPSA) is 46.1 Å². The number of anilines is 1. The third-order valence-electron chi connectivity index (χ3n) is 3.78. The van der Waals surface area contributed by atoms with Crippen LogP contribution in [0.3, 0.4) is 0 Å². The standard InChI is InChI=1S/C16H15Cl2N3O/c17-13-2-1-11(15(18)8-13)7-12-9-19-10-20-16(12)21-5-3-14(22)4-6-21/h1-2,8-10H,3-7H2. The molecule has 2 aromatic rings. The molecule has 1 saturated heterocycles. The van der Waals surface area contributed by atoms with Crippen molar-refractivity contribution < 1.29 is 4.79 Å². The lowest BCUT2D eigenvalue weighted by atomic mass is 10.0. The first kappa shape index (κ1) is 15.3. The van der Waals surface area contributed by atoms with Gasteiger partial charge in [0.1, 0.15) is 17.9 Å². The van der Waals surface area contributed by atoms with E-state index in [2.05, 4.69) is 14.9 Å². The molecule has 2 heterocycles. The first-order valence-electron chi connectivity index (χ1n) is 7.13. The van der Waals surface area contributed by atoms with Gasteiger partial charge < -0.3 is 4.90 Å². The lowest BCUT2D eigenvalue weighted by Crippen LogP contribution is -2.35. The molecule has 0 spiro atoms. The normalized spacial score (nSPS) is 15.2. The van der Waals surface area contributed by atoms with Gasteiger partial charge in [0.05, 0.1) is 0 Å². The molecular weight excluding hydrogens is 321 g/mol. The van der Waals surface area contributed by atoms with Crippen molar-refractivity contribution in [3.8, 4) is 0 Å². The molecule has 0 N–H and O–H groups in total. The highest BCUT2D eigenvalue weighted by Gasteiger charge is 2.20. The Balaban J connectivity index is 1.86. The van der Waals surface area contributed by atoms with Crippen LogP contribution in [0.1, 0.15) is 24.0 Å². The van der Waals surface area contributed by atoms with Crippen LogP contribution in [-0.2, 0) is 11.2 Å². The Morgan fingerprint density at radius 3 is 2.64 bits per heavy atom. The van der Waals surface area contributed by atoms with Gasteiger partial charge in [0.25, 0.3) is 0 Å². The van der Waals surface area contributed by atoms with Crippen LogP contribution in [0, 0.1) is 0 Å². The van der Waals surface area contributed by atoms with E-state index in [1.807, 2.05) is 18.3 Å². The summed E-state index contributed by atoms with van der Waals surface area (Å²) in [6.07, 6.45) is 5.13. The summed E-state index contributed by atoms with van der Waals surface area (Å²) in [6, 6.07) is 5.48. The largest absolute Gasteiger partial charge is 0.355 e. The molecule has 4 nitrogen and oxygen atoms in total. The molecule has 0 saturated carbocycles. The smallest absolute Gasteiger partial charge is 0.136 e. The van der Waals surface area contributed by atoms with Gasteiger partial charge in [-0.2, -0.15) is 0 Å². The highest BCUT2D eigenvalue weighted by molar-refractivity contribution is 6.35. The zero-order chi connectivity index (χ0) is 15.5. The highest BCUT2D eigenvalue weighted by atomic mass is 35.5. The molecule has 3 rings (SSSR count). The monoisotopic (exact) mass is 335 g/mol. The lowest BCUT2D eigenvalue weighted by Gasteiger charge is -2.28. The van der Waals surface area contributed by atoms with E-state index < -0.39 is 0 Å². The van der Waals surface area contributed by atoms with Crippen molar-refractivity contribution in [1.29, 1.82) is 0 Å². The summed E-state index contributed by atoms with van der Waals surface area (Å²) in [7, 11) is 0. The average molecular weight is 336 g/mol. The first-order chi connectivity index (χ1) is 10.6. The Morgan fingerprint density at radius 2 is 1.91 bits per heavy atom. The van der Waals surface area contributed by atoms with E-state index in [1.54, 1.807) is 12.4 Å². The van der Waals surface area contributed by atoms with E-state index in [9.17, 15) is 4.79 Å². The van der Waals surface area contributed by atoms with Gasteiger partial charge in [-0.3, -0.25) is 4.79 Å². The van der Waals surface area contributed by atoms with Crippen LogP contribution in [-0.4, -0.2) is 28.8 Å². The van der Waals surface area contributed by atoms with E-state index in [-0.39, 0.29) is 0 Å². The fourth-order valence-corrected chi connectivity index (χ4v) is 3.07. The number of carbonyl (C=O) groups excluding carboxylic acids is 1. The van der Waals surface area contributed by atoms with Gasteiger partial charge in [0, 0.05) is 54.2 Å². The van der Waals surface area contributed by atoms with Gasteiger partial charge in [-0.25, -0.2) is 9.97 Å². The maximum Gasteiger partial charge on any atom is 0.136 e. The molecule has 1 aliphatic heterocycles. The number of benzene rings is 1. The molecule has 0 atom stereocenters. The van der Waals surface area contributed by atoms with E-state index in [0.717, 1.165) is 16.9 Å². The summed E-state index contributed by atoms with van der Waals surface area (Å²) < 4.78 is 0. The maximum atomic E-state index is 11.4. The number of piperidine rings is 1. The molecule has 0 unspecified atom stereocenters. The Hall–Kier alpha value is -1.65. The predicted molar refractivity (Wildman–Crippen MR) is 87.8 cm³/mol. The maximum absolute atomic E-state index is 11.4. The molecule has 22 heavy (non-hydrogen) atoms. The molecule has 0 bridgehead atoms. The Bertz CT molecular complexity index is 696. The number of hydrogen-bond donors (Lipinski definition) is 0. The number of rotatable bonds is 3. The zero-order valence-corrected chi connectivity index (χ0v) is 13.4. The van der Waals surface area contributed by atoms with Crippen molar-refractivity contribution in [1.82, 2.24) is 9.97 Å². The van der Waals surface area contributed by atoms with Crippen molar-refractivity contribution in [2.75, 3.05) is 18.0 Å². The number of ketones is 1. The van der Waals surface area contributed by atoms with Gasteiger partial charge in [-0.15, -0.1) is 0 Å². The Morgan fingerprint density at radius 1 is 1.14 bits per heavy atom. The molecule has 6 heteroatoms. The number of halogens is 2. The summed E-state index contributed by atoms with van der Waals surface area (Å²) in [5.41, 5.74) is 1.98. The summed E-state index contributed by atoms with van der Waals surface area (Å²) in [6.45, 7) is 1.41. The van der Waals surface area contributed by atoms with Crippen molar-refractivity contribution >= 4 is 34.8 Å². The minimum Gasteiger partial charge on any atom is -0.355 e. The van der Waals surface area contributed by atoms with E-state index in [1.165, 1.54) is 0 Å². The van der Waals surface area contributed by atoms with Gasteiger partial charge in [0.2, 0.25) is 0 Å². The second kappa shape index (κ2) is 6.63. The minimum absolute atomic E-state index is 0.313.